The van der Waals surface area contributed by atoms with Gasteiger partial charge in [0.2, 0.25) is 5.91 Å². The summed E-state index contributed by atoms with van der Waals surface area (Å²) in [7, 11) is 1.43. The molecule has 2 atom stereocenters. The minimum Gasteiger partial charge on any atom is -0.383 e. The van der Waals surface area contributed by atoms with Crippen LogP contribution in [0.3, 0.4) is 0 Å². The van der Waals surface area contributed by atoms with Crippen LogP contribution >= 0.6 is 0 Å². The molecule has 188 valence electrons. The fourth-order valence-electron chi connectivity index (χ4n) is 4.79. The fourth-order valence-corrected chi connectivity index (χ4v) is 4.79. The van der Waals surface area contributed by atoms with Gasteiger partial charge in [0.25, 0.3) is 11.5 Å². The van der Waals surface area contributed by atoms with E-state index in [0.717, 1.165) is 29.1 Å². The number of H-pyrrole nitrogens is 1. The molecule has 1 saturated carbocycles. The van der Waals surface area contributed by atoms with Gasteiger partial charge in [-0.3, -0.25) is 28.8 Å². The lowest BCUT2D eigenvalue weighted by molar-refractivity contribution is -0.136. The second-order valence-corrected chi connectivity index (χ2v) is 9.48. The quantitative estimate of drug-likeness (QED) is 0.452. The van der Waals surface area contributed by atoms with E-state index >= 15 is 0 Å². The zero-order valence-electron chi connectivity index (χ0n) is 20.2. The highest BCUT2D eigenvalue weighted by atomic mass is 16.5. The van der Waals surface area contributed by atoms with Crippen molar-refractivity contribution in [2.24, 2.45) is 11.8 Å². The third-order valence-corrected chi connectivity index (χ3v) is 6.65. The van der Waals surface area contributed by atoms with Gasteiger partial charge in [0.05, 0.1) is 6.61 Å². The van der Waals surface area contributed by atoms with Crippen molar-refractivity contribution in [3.63, 3.8) is 0 Å². The van der Waals surface area contributed by atoms with E-state index in [9.17, 15) is 24.0 Å². The molecule has 3 rings (SSSR count). The Balaban J connectivity index is 1.95. The number of imide groups is 1. The summed E-state index contributed by atoms with van der Waals surface area (Å²) in [4.78, 5) is 68.6. The van der Waals surface area contributed by atoms with Crippen molar-refractivity contribution >= 4 is 29.4 Å². The van der Waals surface area contributed by atoms with Crippen LogP contribution in [0.4, 0.5) is 16.3 Å². The second kappa shape index (κ2) is 10.00. The number of urea groups is 1. The van der Waals surface area contributed by atoms with Crippen molar-refractivity contribution in [1.82, 2.24) is 19.8 Å². The van der Waals surface area contributed by atoms with Crippen molar-refractivity contribution in [2.45, 2.75) is 58.5 Å². The van der Waals surface area contributed by atoms with E-state index in [1.54, 1.807) is 0 Å². The number of nitrogens with two attached hydrogens (primary N) is 1. The van der Waals surface area contributed by atoms with Gasteiger partial charge < -0.3 is 20.7 Å². The molecule has 12 heteroatoms. The van der Waals surface area contributed by atoms with E-state index < -0.39 is 41.2 Å². The van der Waals surface area contributed by atoms with Gasteiger partial charge in [-0.25, -0.2) is 9.59 Å². The molecule has 2 aliphatic rings. The summed E-state index contributed by atoms with van der Waals surface area (Å²) in [6.45, 7) is 5.35. The molecular weight excluding hydrogens is 444 g/mol. The van der Waals surface area contributed by atoms with E-state index in [4.69, 9.17) is 10.5 Å². The van der Waals surface area contributed by atoms with Crippen LogP contribution in [0.25, 0.3) is 0 Å². The van der Waals surface area contributed by atoms with Gasteiger partial charge in [0.1, 0.15) is 17.9 Å². The van der Waals surface area contributed by atoms with Gasteiger partial charge in [0.15, 0.2) is 5.69 Å². The molecule has 4 N–H and O–H groups in total. The lowest BCUT2D eigenvalue weighted by Gasteiger charge is -2.36. The maximum absolute atomic E-state index is 13.4. The Morgan fingerprint density at radius 1 is 1.26 bits per heavy atom. The number of nitrogens with one attached hydrogen (secondary N) is 2. The zero-order chi connectivity index (χ0) is 25.2. The predicted octanol–water partition coefficient (Wildman–Crippen LogP) is 0.255. The second-order valence-electron chi connectivity index (χ2n) is 9.48. The molecule has 1 aliphatic carbocycles. The fraction of sp³-hybridized carbons (Fsp3) is 0.682. The number of carbonyl (C=O) groups excluding carboxylic acids is 3. The predicted molar refractivity (Wildman–Crippen MR) is 125 cm³/mol. The molecule has 12 nitrogen and oxygen atoms in total. The Labute approximate surface area is 197 Å². The zero-order valence-corrected chi connectivity index (χ0v) is 20.2. The highest BCUT2D eigenvalue weighted by molar-refractivity contribution is 6.10. The molecular formula is C22H34N6O6. The van der Waals surface area contributed by atoms with Gasteiger partial charge in [0, 0.05) is 20.2 Å². The molecule has 0 bridgehead atoms. The lowest BCUT2D eigenvalue weighted by atomic mass is 9.73. The minimum atomic E-state index is -1.01. The van der Waals surface area contributed by atoms with Crippen LogP contribution in [0, 0.1) is 11.8 Å². The standard InChI is InChI=1S/C22H34N6O6/c1-13(2)11-27-17(23)16(18(30)24-20(27)32)26(9-10-34-4)15(29)12-28-19(31)22(25-21(28)33)8-6-5-7-14(22)3/h13-14H,5-12,23H2,1-4H3,(H,25,33)(H,24,30,32)/t14-,22-/m1/s1. The van der Waals surface area contributed by atoms with Crippen LogP contribution in [0.2, 0.25) is 0 Å². The van der Waals surface area contributed by atoms with Crippen LogP contribution in [0.15, 0.2) is 9.59 Å². The van der Waals surface area contributed by atoms with Crippen molar-refractivity contribution in [2.75, 3.05) is 37.4 Å². The van der Waals surface area contributed by atoms with Crippen LogP contribution in [0.5, 0.6) is 0 Å². The maximum atomic E-state index is 13.4. The van der Waals surface area contributed by atoms with Crippen LogP contribution in [-0.4, -0.2) is 64.6 Å². The number of rotatable bonds is 8. The monoisotopic (exact) mass is 478 g/mol. The molecule has 0 aromatic carbocycles. The average molecular weight is 479 g/mol. The highest BCUT2D eigenvalue weighted by Gasteiger charge is 2.55. The number of hydrogen-bond acceptors (Lipinski definition) is 7. The molecule has 1 aromatic rings. The summed E-state index contributed by atoms with van der Waals surface area (Å²) < 4.78 is 6.28. The van der Waals surface area contributed by atoms with E-state index in [-0.39, 0.29) is 43.0 Å². The lowest BCUT2D eigenvalue weighted by Crippen LogP contribution is -2.54. The SMILES string of the molecule is COCCN(C(=O)CN1C(=O)N[C@@]2(CCCC[C@H]2C)C1=O)c1c(N)n(CC(C)C)c(=O)[nH]c1=O. The first-order chi connectivity index (χ1) is 16.0. The van der Waals surface area contributed by atoms with Gasteiger partial charge in [-0.1, -0.05) is 33.6 Å². The van der Waals surface area contributed by atoms with Gasteiger partial charge in [-0.05, 0) is 24.7 Å². The van der Waals surface area contributed by atoms with Crippen molar-refractivity contribution < 1.29 is 19.1 Å². The van der Waals surface area contributed by atoms with Gasteiger partial charge in [-0.15, -0.1) is 0 Å². The summed E-state index contributed by atoms with van der Waals surface area (Å²) in [5.74, 6) is -1.30. The molecule has 1 aromatic heterocycles. The Kier molecular flexibility index (Phi) is 7.49. The number of aromatic nitrogens is 2. The first-order valence-electron chi connectivity index (χ1n) is 11.6. The van der Waals surface area contributed by atoms with Gasteiger partial charge >= 0.3 is 11.7 Å². The number of aromatic amines is 1. The third kappa shape index (κ3) is 4.59. The molecule has 0 unspecified atom stereocenters. The number of nitrogen functional groups attached to an aromatic ring is 1. The molecule has 1 saturated heterocycles. The Morgan fingerprint density at radius 2 is 1.97 bits per heavy atom. The smallest absolute Gasteiger partial charge is 0.330 e. The maximum Gasteiger partial charge on any atom is 0.330 e. The minimum absolute atomic E-state index is 0.0430. The average Bonchev–Trinajstić information content (AvgIpc) is 3.00. The molecule has 4 amide bonds. The van der Waals surface area contributed by atoms with Crippen molar-refractivity contribution in [3.05, 3.63) is 20.8 Å². The van der Waals surface area contributed by atoms with Crippen LogP contribution in [-0.2, 0) is 20.9 Å². The Hall–Kier alpha value is -3.15. The number of anilines is 2. The topological polar surface area (TPSA) is 160 Å². The first kappa shape index (κ1) is 25.5. The summed E-state index contributed by atoms with van der Waals surface area (Å²) in [5.41, 5.74) is 3.45. The summed E-state index contributed by atoms with van der Waals surface area (Å²) in [6, 6.07) is -0.634. The molecule has 1 aliphatic heterocycles. The number of hydrogen-bond donors (Lipinski definition) is 3. The van der Waals surface area contributed by atoms with Crippen LogP contribution < -0.4 is 27.2 Å². The molecule has 34 heavy (non-hydrogen) atoms. The third-order valence-electron chi connectivity index (χ3n) is 6.65. The summed E-state index contributed by atoms with van der Waals surface area (Å²) in [5, 5.41) is 2.81. The normalized spacial score (nSPS) is 22.5. The van der Waals surface area contributed by atoms with E-state index in [1.165, 1.54) is 11.7 Å². The summed E-state index contributed by atoms with van der Waals surface area (Å²) in [6.07, 6.45) is 3.10. The number of amides is 4. The van der Waals surface area contributed by atoms with E-state index in [2.05, 4.69) is 10.3 Å². The molecule has 2 heterocycles. The Morgan fingerprint density at radius 3 is 2.59 bits per heavy atom. The molecule has 2 fully saturated rings. The number of ether oxygens (including phenoxy) is 1. The van der Waals surface area contributed by atoms with E-state index in [1.807, 2.05) is 20.8 Å². The Bertz CT molecular complexity index is 1080. The number of carbonyl (C=O) groups is 3. The summed E-state index contributed by atoms with van der Waals surface area (Å²) >= 11 is 0. The van der Waals surface area contributed by atoms with Crippen molar-refractivity contribution in [3.8, 4) is 0 Å². The highest BCUT2D eigenvalue weighted by Crippen LogP contribution is 2.38. The number of methoxy groups -OCH3 is 1. The molecule has 0 radical (unpaired) electrons. The van der Waals surface area contributed by atoms with E-state index in [0.29, 0.717) is 6.42 Å². The van der Waals surface area contributed by atoms with Crippen LogP contribution in [0.1, 0.15) is 46.5 Å². The number of nitrogens with zero attached hydrogens (tertiary/aromatic N) is 3. The largest absolute Gasteiger partial charge is 0.383 e. The first-order valence-corrected chi connectivity index (χ1v) is 11.6. The molecule has 1 spiro atoms. The van der Waals surface area contributed by atoms with Gasteiger partial charge in [-0.2, -0.15) is 0 Å². The van der Waals surface area contributed by atoms with Crippen molar-refractivity contribution in [1.29, 1.82) is 0 Å².